The molecule has 0 aliphatic heterocycles. The van der Waals surface area contributed by atoms with E-state index in [2.05, 4.69) is 21.8 Å². The number of hydrogen-bond donors (Lipinski definition) is 1. The van der Waals surface area contributed by atoms with Crippen LogP contribution in [0.4, 0.5) is 28.9 Å². The van der Waals surface area contributed by atoms with Gasteiger partial charge < -0.3 is 10.2 Å². The van der Waals surface area contributed by atoms with Gasteiger partial charge in [0.2, 0.25) is 0 Å². The molecule has 1 heterocycles. The first-order valence-corrected chi connectivity index (χ1v) is 11.1. The van der Waals surface area contributed by atoms with Crippen LogP contribution in [0.1, 0.15) is 50.3 Å². The van der Waals surface area contributed by atoms with Crippen molar-refractivity contribution in [1.29, 1.82) is 5.26 Å². The number of aromatic nitrogens is 1. The Balaban J connectivity index is 1.82. The topological polar surface area (TPSA) is 52.0 Å². The second-order valence-corrected chi connectivity index (χ2v) is 8.53. The number of anilines is 2. The lowest BCUT2D eigenvalue weighted by molar-refractivity contribution is -0.165. The number of nitrogens with one attached hydrogen (secondary N) is 1. The summed E-state index contributed by atoms with van der Waals surface area (Å²) < 4.78 is 52.1. The summed E-state index contributed by atoms with van der Waals surface area (Å²) in [4.78, 5) is 6.59. The molecule has 1 fully saturated rings. The van der Waals surface area contributed by atoms with E-state index in [0.29, 0.717) is 17.8 Å². The van der Waals surface area contributed by atoms with Gasteiger partial charge in [-0.3, -0.25) is 4.98 Å². The van der Waals surface area contributed by atoms with Crippen molar-refractivity contribution in [3.05, 3.63) is 60.2 Å². The third kappa shape index (κ3) is 6.47. The quantitative estimate of drug-likeness (QED) is 0.352. The predicted molar refractivity (Wildman–Crippen MR) is 122 cm³/mol. The Bertz CT molecular complexity index is 989. The molecule has 176 valence electrons. The third-order valence-corrected chi connectivity index (χ3v) is 6.07. The summed E-state index contributed by atoms with van der Waals surface area (Å²) in [6.07, 6.45) is 2.57. The maximum atomic E-state index is 14.0. The fourth-order valence-corrected chi connectivity index (χ4v) is 4.05. The minimum Gasteiger partial charge on any atom is -0.383 e. The monoisotopic (exact) mass is 460 g/mol. The van der Waals surface area contributed by atoms with Gasteiger partial charge in [-0.25, -0.2) is 4.39 Å². The molecule has 0 saturated heterocycles. The smallest absolute Gasteiger partial charge is 0.383 e. The van der Waals surface area contributed by atoms with Gasteiger partial charge in [-0.1, -0.05) is 32.8 Å². The standard InChI is InChI=1S/C25H28F4N4/c1-17(13-30)23-12-19(26)8-11-24(23)33(22-6-4-3-5-7-22)16-21-10-9-20(15-32-21)31-14-18(2)25(27,28)29/h8-12,15,18,22,31H,1,3-7,14,16H2,2H3/t18-/m0/s1. The largest absolute Gasteiger partial charge is 0.393 e. The number of rotatable bonds is 8. The second kappa shape index (κ2) is 10.7. The van der Waals surface area contributed by atoms with Gasteiger partial charge in [-0.05, 0) is 43.2 Å². The highest BCUT2D eigenvalue weighted by Crippen LogP contribution is 2.34. The van der Waals surface area contributed by atoms with Gasteiger partial charge in [-0.15, -0.1) is 0 Å². The van der Waals surface area contributed by atoms with E-state index in [4.69, 9.17) is 0 Å². The predicted octanol–water partition coefficient (Wildman–Crippen LogP) is 6.71. The molecule has 0 amide bonds. The summed E-state index contributed by atoms with van der Waals surface area (Å²) in [7, 11) is 0. The van der Waals surface area contributed by atoms with E-state index in [1.165, 1.54) is 24.8 Å². The van der Waals surface area contributed by atoms with E-state index < -0.39 is 17.9 Å². The molecule has 0 spiro atoms. The lowest BCUT2D eigenvalue weighted by atomic mass is 9.92. The minimum atomic E-state index is -4.25. The van der Waals surface area contributed by atoms with Crippen molar-refractivity contribution in [2.24, 2.45) is 5.92 Å². The Labute approximate surface area is 191 Å². The molecule has 1 aromatic carbocycles. The number of nitrogens with zero attached hydrogens (tertiary/aromatic N) is 3. The van der Waals surface area contributed by atoms with E-state index in [1.807, 2.05) is 6.07 Å². The molecule has 0 radical (unpaired) electrons. The molecule has 1 saturated carbocycles. The highest BCUT2D eigenvalue weighted by molar-refractivity contribution is 5.83. The maximum Gasteiger partial charge on any atom is 0.393 e. The van der Waals surface area contributed by atoms with Crippen molar-refractivity contribution >= 4 is 16.9 Å². The molecule has 1 aliphatic rings. The summed E-state index contributed by atoms with van der Waals surface area (Å²) >= 11 is 0. The van der Waals surface area contributed by atoms with Crippen LogP contribution in [0, 0.1) is 23.1 Å². The number of benzene rings is 1. The van der Waals surface area contributed by atoms with Crippen LogP contribution in [0.25, 0.3) is 5.57 Å². The van der Waals surface area contributed by atoms with Gasteiger partial charge in [0.05, 0.1) is 41.7 Å². The first-order valence-electron chi connectivity index (χ1n) is 11.1. The van der Waals surface area contributed by atoms with Crippen LogP contribution in [0.5, 0.6) is 0 Å². The molecule has 8 heteroatoms. The van der Waals surface area contributed by atoms with E-state index in [0.717, 1.165) is 44.0 Å². The SMILES string of the molecule is C=C(C#N)c1cc(F)ccc1N(Cc1ccc(NC[C@H](C)C(F)(F)F)cn1)C1CCCCC1. The van der Waals surface area contributed by atoms with E-state index >= 15 is 0 Å². The summed E-state index contributed by atoms with van der Waals surface area (Å²) in [5, 5.41) is 12.2. The Morgan fingerprint density at radius 1 is 1.24 bits per heavy atom. The zero-order valence-electron chi connectivity index (χ0n) is 18.6. The zero-order valence-corrected chi connectivity index (χ0v) is 18.6. The zero-order chi connectivity index (χ0) is 24.0. The van der Waals surface area contributed by atoms with Crippen LogP contribution >= 0.6 is 0 Å². The first kappa shape index (κ1) is 24.6. The minimum absolute atomic E-state index is 0.191. The lowest BCUT2D eigenvalue weighted by Crippen LogP contribution is -2.37. The molecule has 1 aliphatic carbocycles. The summed E-state index contributed by atoms with van der Waals surface area (Å²) in [6, 6.07) is 10.1. The van der Waals surface area contributed by atoms with Crippen molar-refractivity contribution in [1.82, 2.24) is 4.98 Å². The fraction of sp³-hybridized carbons (Fsp3) is 0.440. The average molecular weight is 461 g/mol. The van der Waals surface area contributed by atoms with Gasteiger partial charge in [0.1, 0.15) is 5.82 Å². The number of nitriles is 1. The van der Waals surface area contributed by atoms with Crippen LogP contribution in [-0.4, -0.2) is 23.7 Å². The molecule has 33 heavy (non-hydrogen) atoms. The Morgan fingerprint density at radius 2 is 1.97 bits per heavy atom. The van der Waals surface area contributed by atoms with Crippen molar-refractivity contribution in [3.8, 4) is 6.07 Å². The average Bonchev–Trinajstić information content (AvgIpc) is 2.81. The molecule has 0 unspecified atom stereocenters. The summed E-state index contributed by atoms with van der Waals surface area (Å²) in [5.74, 6) is -1.90. The normalized spacial score (nSPS) is 15.5. The second-order valence-electron chi connectivity index (χ2n) is 8.53. The van der Waals surface area contributed by atoms with E-state index in [1.54, 1.807) is 18.2 Å². The molecule has 2 aromatic rings. The Hall–Kier alpha value is -3.08. The van der Waals surface area contributed by atoms with Crippen molar-refractivity contribution in [2.75, 3.05) is 16.8 Å². The fourth-order valence-electron chi connectivity index (χ4n) is 4.05. The molecular weight excluding hydrogens is 432 g/mol. The molecule has 0 bridgehead atoms. The summed E-state index contributed by atoms with van der Waals surface area (Å²) in [5.41, 5.74) is 2.63. The molecule has 3 rings (SSSR count). The van der Waals surface area contributed by atoms with Crippen molar-refractivity contribution in [3.63, 3.8) is 0 Å². The molecule has 1 aromatic heterocycles. The van der Waals surface area contributed by atoms with Crippen LogP contribution < -0.4 is 10.2 Å². The Morgan fingerprint density at radius 3 is 2.58 bits per heavy atom. The molecule has 1 N–H and O–H groups in total. The van der Waals surface area contributed by atoms with E-state index in [9.17, 15) is 22.8 Å². The van der Waals surface area contributed by atoms with Gasteiger partial charge in [0.15, 0.2) is 0 Å². The highest BCUT2D eigenvalue weighted by Gasteiger charge is 2.35. The molecule has 4 nitrogen and oxygen atoms in total. The summed E-state index contributed by atoms with van der Waals surface area (Å²) in [6.45, 7) is 5.12. The van der Waals surface area contributed by atoms with E-state index in [-0.39, 0.29) is 18.2 Å². The molecule has 1 atom stereocenters. The van der Waals surface area contributed by atoms with Gasteiger partial charge in [0, 0.05) is 23.8 Å². The van der Waals surface area contributed by atoms with Crippen LogP contribution in [0.15, 0.2) is 43.1 Å². The number of pyridine rings is 1. The first-order chi connectivity index (χ1) is 15.7. The molecular formula is C25H28F4N4. The lowest BCUT2D eigenvalue weighted by Gasteiger charge is -2.37. The van der Waals surface area contributed by atoms with Gasteiger partial charge in [0.25, 0.3) is 0 Å². The number of halogens is 4. The van der Waals surface area contributed by atoms with Crippen LogP contribution in [0.2, 0.25) is 0 Å². The van der Waals surface area contributed by atoms with Gasteiger partial charge >= 0.3 is 6.18 Å². The Kier molecular flexibility index (Phi) is 7.96. The number of alkyl halides is 3. The van der Waals surface area contributed by atoms with Crippen LogP contribution in [-0.2, 0) is 6.54 Å². The van der Waals surface area contributed by atoms with Crippen LogP contribution in [0.3, 0.4) is 0 Å². The third-order valence-electron chi connectivity index (χ3n) is 6.07. The van der Waals surface area contributed by atoms with Crippen molar-refractivity contribution < 1.29 is 17.6 Å². The number of hydrogen-bond acceptors (Lipinski definition) is 4. The van der Waals surface area contributed by atoms with Crippen molar-refractivity contribution in [2.45, 2.75) is 57.8 Å². The maximum absolute atomic E-state index is 14.0. The number of allylic oxidation sites excluding steroid dienone is 1. The highest BCUT2D eigenvalue weighted by atomic mass is 19.4. The van der Waals surface area contributed by atoms with Gasteiger partial charge in [-0.2, -0.15) is 18.4 Å².